The van der Waals surface area contributed by atoms with E-state index in [1.807, 2.05) is 0 Å². The highest BCUT2D eigenvalue weighted by Crippen LogP contribution is 2.41. The second kappa shape index (κ2) is 1.74. The van der Waals surface area contributed by atoms with Crippen LogP contribution in [0.5, 0.6) is 0 Å². The molecule has 0 bridgehead atoms. The van der Waals surface area contributed by atoms with Crippen LogP contribution in [-0.4, -0.2) is 24.4 Å². The lowest BCUT2D eigenvalue weighted by atomic mass is 10.0. The predicted molar refractivity (Wildman–Crippen MR) is 35.8 cm³/mol. The lowest BCUT2D eigenvalue weighted by Gasteiger charge is -1.97. The number of ether oxygens (including phenoxy) is 2. The van der Waals surface area contributed by atoms with Gasteiger partial charge in [-0.2, -0.15) is 0 Å². The molecule has 0 aromatic heterocycles. The second-order valence-electron chi connectivity index (χ2n) is 3.58. The molecule has 0 spiro atoms. The largest absolute Gasteiger partial charge is 0.370 e. The summed E-state index contributed by atoms with van der Waals surface area (Å²) in [6.45, 7) is 0. The molecule has 56 valence electrons. The first kappa shape index (κ1) is 5.56. The zero-order valence-corrected chi connectivity index (χ0v) is 5.95. The molecule has 0 aromatic carbocycles. The molecule has 1 aliphatic carbocycles. The van der Waals surface area contributed by atoms with Crippen LogP contribution in [0.25, 0.3) is 0 Å². The van der Waals surface area contributed by atoms with E-state index in [0.717, 1.165) is 0 Å². The molecular weight excluding hydrogens is 128 g/mol. The van der Waals surface area contributed by atoms with Gasteiger partial charge in [-0.05, 0) is 25.7 Å². The number of hydrogen-bond donors (Lipinski definition) is 0. The van der Waals surface area contributed by atoms with E-state index in [9.17, 15) is 0 Å². The van der Waals surface area contributed by atoms with E-state index in [-0.39, 0.29) is 0 Å². The van der Waals surface area contributed by atoms with Gasteiger partial charge in [-0.15, -0.1) is 0 Å². The van der Waals surface area contributed by atoms with E-state index >= 15 is 0 Å². The first-order valence-electron chi connectivity index (χ1n) is 4.24. The number of hydrogen-bond acceptors (Lipinski definition) is 2. The van der Waals surface area contributed by atoms with Gasteiger partial charge in [0.2, 0.25) is 0 Å². The highest BCUT2D eigenvalue weighted by molar-refractivity contribution is 4.95. The van der Waals surface area contributed by atoms with E-state index < -0.39 is 0 Å². The Hall–Kier alpha value is -0.0800. The van der Waals surface area contributed by atoms with Crippen LogP contribution in [0.1, 0.15) is 25.7 Å². The van der Waals surface area contributed by atoms with Crippen molar-refractivity contribution in [2.75, 3.05) is 0 Å². The first-order chi connectivity index (χ1) is 4.93. The Balaban J connectivity index is 1.67. The summed E-state index contributed by atoms with van der Waals surface area (Å²) in [5.41, 5.74) is 0. The summed E-state index contributed by atoms with van der Waals surface area (Å²) >= 11 is 0. The number of epoxide rings is 2. The van der Waals surface area contributed by atoms with Crippen molar-refractivity contribution in [3.05, 3.63) is 0 Å². The average molecular weight is 140 g/mol. The van der Waals surface area contributed by atoms with Crippen molar-refractivity contribution in [2.24, 2.45) is 0 Å². The molecule has 2 nitrogen and oxygen atoms in total. The molecule has 0 N–H and O–H groups in total. The highest BCUT2D eigenvalue weighted by atomic mass is 16.6. The SMILES string of the molecule is C1C[C@@H]2O[C@@H]2CC[C@H]2O[C@@H]12. The molecule has 3 aliphatic rings. The Labute approximate surface area is 60.5 Å². The van der Waals surface area contributed by atoms with Gasteiger partial charge in [0, 0.05) is 0 Å². The van der Waals surface area contributed by atoms with Gasteiger partial charge < -0.3 is 9.47 Å². The minimum absolute atomic E-state index is 0.616. The van der Waals surface area contributed by atoms with Crippen LogP contribution in [0.2, 0.25) is 0 Å². The van der Waals surface area contributed by atoms with Gasteiger partial charge in [0.15, 0.2) is 0 Å². The summed E-state index contributed by atoms with van der Waals surface area (Å²) in [5.74, 6) is 0. The minimum Gasteiger partial charge on any atom is -0.370 e. The molecule has 10 heavy (non-hydrogen) atoms. The van der Waals surface area contributed by atoms with E-state index in [1.165, 1.54) is 25.7 Å². The maximum Gasteiger partial charge on any atom is 0.0842 e. The van der Waals surface area contributed by atoms with Crippen LogP contribution in [-0.2, 0) is 9.47 Å². The topological polar surface area (TPSA) is 25.1 Å². The van der Waals surface area contributed by atoms with Crippen molar-refractivity contribution in [2.45, 2.75) is 50.1 Å². The summed E-state index contributed by atoms with van der Waals surface area (Å²) < 4.78 is 10.9. The van der Waals surface area contributed by atoms with Crippen LogP contribution in [0.4, 0.5) is 0 Å². The third-order valence-electron chi connectivity index (χ3n) is 2.85. The standard InChI is InChI=1S/C8H12O2/c1-2-6-8(10-6)4-3-7-5(1)9-7/h5-8H,1-4H2/t5-,6-,7+,8+. The first-order valence-corrected chi connectivity index (χ1v) is 4.24. The maximum absolute atomic E-state index is 5.45. The fraction of sp³-hybridized carbons (Fsp3) is 1.00. The normalized spacial score (nSPS) is 57.6. The van der Waals surface area contributed by atoms with Crippen LogP contribution in [0.3, 0.4) is 0 Å². The monoisotopic (exact) mass is 140 g/mol. The fourth-order valence-electron chi connectivity index (χ4n) is 2.03. The van der Waals surface area contributed by atoms with Crippen molar-refractivity contribution in [1.29, 1.82) is 0 Å². The van der Waals surface area contributed by atoms with Gasteiger partial charge in [-0.1, -0.05) is 0 Å². The van der Waals surface area contributed by atoms with Crippen LogP contribution in [0.15, 0.2) is 0 Å². The molecule has 4 atom stereocenters. The predicted octanol–water partition coefficient (Wildman–Crippen LogP) is 1.10. The van der Waals surface area contributed by atoms with Crippen molar-refractivity contribution in [3.8, 4) is 0 Å². The summed E-state index contributed by atoms with van der Waals surface area (Å²) in [6.07, 6.45) is 7.43. The Kier molecular flexibility index (Phi) is 0.968. The van der Waals surface area contributed by atoms with E-state index in [4.69, 9.17) is 9.47 Å². The molecule has 2 aliphatic heterocycles. The summed E-state index contributed by atoms with van der Waals surface area (Å²) in [6, 6.07) is 0. The van der Waals surface area contributed by atoms with E-state index in [1.54, 1.807) is 0 Å². The summed E-state index contributed by atoms with van der Waals surface area (Å²) in [7, 11) is 0. The lowest BCUT2D eigenvalue weighted by molar-refractivity contribution is 0.311. The van der Waals surface area contributed by atoms with Crippen molar-refractivity contribution in [3.63, 3.8) is 0 Å². The number of rotatable bonds is 0. The van der Waals surface area contributed by atoms with E-state index in [2.05, 4.69) is 0 Å². The second-order valence-corrected chi connectivity index (χ2v) is 3.58. The van der Waals surface area contributed by atoms with Gasteiger partial charge in [0.25, 0.3) is 0 Å². The smallest absolute Gasteiger partial charge is 0.0842 e. The highest BCUT2D eigenvalue weighted by Gasteiger charge is 2.47. The average Bonchev–Trinajstić information content (AvgIpc) is 2.70. The zero-order valence-electron chi connectivity index (χ0n) is 5.95. The molecule has 0 unspecified atom stereocenters. The quantitative estimate of drug-likeness (QED) is 0.471. The van der Waals surface area contributed by atoms with Gasteiger partial charge in [0.1, 0.15) is 0 Å². The minimum atomic E-state index is 0.616. The Morgan fingerprint density at radius 1 is 0.600 bits per heavy atom. The van der Waals surface area contributed by atoms with Gasteiger partial charge in [0.05, 0.1) is 24.4 Å². The molecule has 3 fully saturated rings. The van der Waals surface area contributed by atoms with Gasteiger partial charge >= 0.3 is 0 Å². The molecule has 1 saturated carbocycles. The molecule has 0 aromatic rings. The van der Waals surface area contributed by atoms with Crippen LogP contribution < -0.4 is 0 Å². The third-order valence-corrected chi connectivity index (χ3v) is 2.85. The van der Waals surface area contributed by atoms with E-state index in [0.29, 0.717) is 24.4 Å². The van der Waals surface area contributed by atoms with Crippen molar-refractivity contribution >= 4 is 0 Å². The molecule has 0 amide bonds. The van der Waals surface area contributed by atoms with Crippen LogP contribution >= 0.6 is 0 Å². The van der Waals surface area contributed by atoms with Gasteiger partial charge in [-0.25, -0.2) is 0 Å². The zero-order chi connectivity index (χ0) is 6.55. The molecule has 2 heteroatoms. The molecule has 3 rings (SSSR count). The fourth-order valence-corrected chi connectivity index (χ4v) is 2.03. The third kappa shape index (κ3) is 0.789. The lowest BCUT2D eigenvalue weighted by Crippen LogP contribution is -2.04. The molecule has 0 radical (unpaired) electrons. The van der Waals surface area contributed by atoms with Crippen molar-refractivity contribution in [1.82, 2.24) is 0 Å². The summed E-state index contributed by atoms with van der Waals surface area (Å²) in [5, 5.41) is 0. The summed E-state index contributed by atoms with van der Waals surface area (Å²) in [4.78, 5) is 0. The Bertz CT molecular complexity index is 123. The maximum atomic E-state index is 5.45. The van der Waals surface area contributed by atoms with Gasteiger partial charge in [-0.3, -0.25) is 0 Å². The van der Waals surface area contributed by atoms with Crippen LogP contribution in [0, 0.1) is 0 Å². The molecule has 2 saturated heterocycles. The Morgan fingerprint density at radius 2 is 0.900 bits per heavy atom. The molecular formula is C8H12O2. The number of fused-ring (bicyclic) bond motifs is 2. The Morgan fingerprint density at radius 3 is 1.20 bits per heavy atom. The van der Waals surface area contributed by atoms with Crippen molar-refractivity contribution < 1.29 is 9.47 Å². The molecule has 2 heterocycles.